The van der Waals surface area contributed by atoms with Crippen LogP contribution >= 0.6 is 0 Å². The molecule has 1 saturated carbocycles. The zero-order valence-electron chi connectivity index (χ0n) is 14.6. The molecule has 3 aromatic heterocycles. The molecule has 0 bridgehead atoms. The minimum atomic E-state index is -0.212. The smallest absolute Gasteiger partial charge is 0.269 e. The standard InChI is InChI=1S/C20H17N5O2/c26-18-12-22-15-4-1-2-5-16(15)25(18)13-17-23-19(24-27-17)20(8-3-9-20)14-6-10-21-11-7-14/h1-2,4-7,10-12H,3,8-9,13H2. The van der Waals surface area contributed by atoms with Crippen LogP contribution in [0.5, 0.6) is 0 Å². The van der Waals surface area contributed by atoms with Crippen LogP contribution in [0.15, 0.2) is 64.3 Å². The molecule has 7 nitrogen and oxygen atoms in total. The van der Waals surface area contributed by atoms with Crippen molar-refractivity contribution in [2.45, 2.75) is 31.2 Å². The predicted molar refractivity (Wildman–Crippen MR) is 98.3 cm³/mol. The Balaban J connectivity index is 1.52. The van der Waals surface area contributed by atoms with Gasteiger partial charge in [-0.2, -0.15) is 4.98 Å². The fourth-order valence-corrected chi connectivity index (χ4v) is 3.77. The number of rotatable bonds is 4. The third-order valence-corrected chi connectivity index (χ3v) is 5.38. The summed E-state index contributed by atoms with van der Waals surface area (Å²) in [4.78, 5) is 25.3. The second-order valence-corrected chi connectivity index (χ2v) is 6.85. The van der Waals surface area contributed by atoms with Crippen molar-refractivity contribution in [1.29, 1.82) is 0 Å². The molecule has 3 heterocycles. The summed E-state index contributed by atoms with van der Waals surface area (Å²) < 4.78 is 7.13. The predicted octanol–water partition coefficient (Wildman–Crippen LogP) is 2.69. The summed E-state index contributed by atoms with van der Waals surface area (Å²) in [6, 6.07) is 11.5. The molecule has 0 amide bonds. The van der Waals surface area contributed by atoms with Crippen molar-refractivity contribution in [1.82, 2.24) is 24.7 Å². The highest BCUT2D eigenvalue weighted by Crippen LogP contribution is 2.47. The maximum Gasteiger partial charge on any atom is 0.269 e. The van der Waals surface area contributed by atoms with Crippen molar-refractivity contribution in [2.24, 2.45) is 0 Å². The van der Waals surface area contributed by atoms with E-state index < -0.39 is 0 Å². The number of aromatic nitrogens is 5. The summed E-state index contributed by atoms with van der Waals surface area (Å²) in [5.41, 5.74) is 2.25. The van der Waals surface area contributed by atoms with Gasteiger partial charge in [0.25, 0.3) is 5.56 Å². The lowest BCUT2D eigenvalue weighted by atomic mass is 9.64. The Bertz CT molecular complexity index is 1160. The summed E-state index contributed by atoms with van der Waals surface area (Å²) in [5, 5.41) is 4.26. The lowest BCUT2D eigenvalue weighted by Crippen LogP contribution is -2.36. The number of fused-ring (bicyclic) bond motifs is 1. The average Bonchev–Trinajstić information content (AvgIpc) is 3.13. The first kappa shape index (κ1) is 15.9. The van der Waals surface area contributed by atoms with Crippen LogP contribution in [0, 0.1) is 0 Å². The molecule has 0 atom stereocenters. The van der Waals surface area contributed by atoms with Crippen molar-refractivity contribution in [3.8, 4) is 0 Å². The maximum absolute atomic E-state index is 12.3. The summed E-state index contributed by atoms with van der Waals surface area (Å²) in [7, 11) is 0. The van der Waals surface area contributed by atoms with Gasteiger partial charge in [-0.3, -0.25) is 14.3 Å². The Kier molecular flexibility index (Phi) is 3.60. The van der Waals surface area contributed by atoms with Gasteiger partial charge in [-0.05, 0) is 42.7 Å². The topological polar surface area (TPSA) is 86.7 Å². The Morgan fingerprint density at radius 1 is 1.11 bits per heavy atom. The average molecular weight is 359 g/mol. The highest BCUT2D eigenvalue weighted by molar-refractivity contribution is 5.74. The molecular formula is C20H17N5O2. The van der Waals surface area contributed by atoms with E-state index in [2.05, 4.69) is 20.1 Å². The van der Waals surface area contributed by atoms with Gasteiger partial charge >= 0.3 is 0 Å². The van der Waals surface area contributed by atoms with Gasteiger partial charge in [-0.15, -0.1) is 0 Å². The van der Waals surface area contributed by atoms with Gasteiger partial charge in [0.05, 0.1) is 22.6 Å². The molecule has 134 valence electrons. The number of nitrogens with zero attached hydrogens (tertiary/aromatic N) is 5. The molecule has 0 spiro atoms. The third kappa shape index (κ3) is 2.54. The van der Waals surface area contributed by atoms with E-state index in [-0.39, 0.29) is 17.5 Å². The highest BCUT2D eigenvalue weighted by Gasteiger charge is 2.44. The Labute approximate surface area is 154 Å². The van der Waals surface area contributed by atoms with Gasteiger partial charge in [0, 0.05) is 12.4 Å². The lowest BCUT2D eigenvalue weighted by Gasteiger charge is -2.39. The SMILES string of the molecule is O=c1cnc2ccccc2n1Cc1nc(C2(c3ccncc3)CCC2)no1. The molecule has 7 heteroatoms. The molecule has 0 saturated heterocycles. The van der Waals surface area contributed by atoms with E-state index in [1.165, 1.54) is 6.20 Å². The van der Waals surface area contributed by atoms with Crippen LogP contribution in [0.3, 0.4) is 0 Å². The van der Waals surface area contributed by atoms with Gasteiger partial charge < -0.3 is 4.52 Å². The Morgan fingerprint density at radius 3 is 2.70 bits per heavy atom. The molecular weight excluding hydrogens is 342 g/mol. The van der Waals surface area contributed by atoms with E-state index in [1.54, 1.807) is 17.0 Å². The fourth-order valence-electron chi connectivity index (χ4n) is 3.77. The first-order chi connectivity index (χ1) is 13.3. The zero-order valence-corrected chi connectivity index (χ0v) is 14.6. The minimum Gasteiger partial charge on any atom is -0.337 e. The molecule has 0 N–H and O–H groups in total. The van der Waals surface area contributed by atoms with Crippen molar-refractivity contribution < 1.29 is 4.52 Å². The third-order valence-electron chi connectivity index (χ3n) is 5.38. The Morgan fingerprint density at radius 2 is 1.93 bits per heavy atom. The van der Waals surface area contributed by atoms with Crippen LogP contribution in [-0.2, 0) is 12.0 Å². The summed E-state index contributed by atoms with van der Waals surface area (Å²) in [6.45, 7) is 0.224. The maximum atomic E-state index is 12.3. The molecule has 1 fully saturated rings. The van der Waals surface area contributed by atoms with Crippen molar-refractivity contribution in [2.75, 3.05) is 0 Å². The van der Waals surface area contributed by atoms with Crippen LogP contribution in [0.1, 0.15) is 36.5 Å². The Hall–Kier alpha value is -3.35. The first-order valence-electron chi connectivity index (χ1n) is 8.94. The first-order valence-corrected chi connectivity index (χ1v) is 8.94. The normalized spacial score (nSPS) is 15.6. The molecule has 5 rings (SSSR count). The molecule has 4 aromatic rings. The van der Waals surface area contributed by atoms with Gasteiger partial charge in [-0.25, -0.2) is 4.98 Å². The molecule has 0 radical (unpaired) electrons. The monoisotopic (exact) mass is 359 g/mol. The van der Waals surface area contributed by atoms with Gasteiger partial charge in [0.15, 0.2) is 5.82 Å². The van der Waals surface area contributed by atoms with Gasteiger partial charge in [0.1, 0.15) is 6.54 Å². The molecule has 1 aliphatic rings. The second-order valence-electron chi connectivity index (χ2n) is 6.85. The summed E-state index contributed by atoms with van der Waals surface area (Å²) in [5.74, 6) is 1.10. The van der Waals surface area contributed by atoms with Crippen LogP contribution < -0.4 is 5.56 Å². The van der Waals surface area contributed by atoms with E-state index in [0.717, 1.165) is 35.9 Å². The van der Waals surface area contributed by atoms with Crippen molar-refractivity contribution in [3.63, 3.8) is 0 Å². The molecule has 27 heavy (non-hydrogen) atoms. The van der Waals surface area contributed by atoms with Crippen LogP contribution in [0.4, 0.5) is 0 Å². The van der Waals surface area contributed by atoms with Crippen molar-refractivity contribution >= 4 is 11.0 Å². The van der Waals surface area contributed by atoms with E-state index in [1.807, 2.05) is 36.4 Å². The number of hydrogen-bond donors (Lipinski definition) is 0. The summed E-state index contributed by atoms with van der Waals surface area (Å²) in [6.07, 6.45) is 7.99. The largest absolute Gasteiger partial charge is 0.337 e. The van der Waals surface area contributed by atoms with Crippen molar-refractivity contribution in [3.05, 3.63) is 82.6 Å². The molecule has 0 aliphatic heterocycles. The van der Waals surface area contributed by atoms with E-state index in [9.17, 15) is 4.79 Å². The van der Waals surface area contributed by atoms with E-state index in [4.69, 9.17) is 4.52 Å². The number of benzene rings is 1. The second kappa shape index (κ2) is 6.12. The van der Waals surface area contributed by atoms with Crippen LogP contribution in [0.2, 0.25) is 0 Å². The highest BCUT2D eigenvalue weighted by atomic mass is 16.5. The zero-order chi connectivity index (χ0) is 18.3. The van der Waals surface area contributed by atoms with Gasteiger partial charge in [-0.1, -0.05) is 23.7 Å². The fraction of sp³-hybridized carbons (Fsp3) is 0.250. The summed E-state index contributed by atoms with van der Waals surface area (Å²) >= 11 is 0. The van der Waals surface area contributed by atoms with Crippen LogP contribution in [-0.4, -0.2) is 24.7 Å². The molecule has 1 aliphatic carbocycles. The number of para-hydroxylation sites is 2. The van der Waals surface area contributed by atoms with E-state index >= 15 is 0 Å². The molecule has 1 aromatic carbocycles. The number of hydrogen-bond acceptors (Lipinski definition) is 6. The van der Waals surface area contributed by atoms with Crippen LogP contribution in [0.25, 0.3) is 11.0 Å². The number of pyridine rings is 1. The lowest BCUT2D eigenvalue weighted by molar-refractivity contribution is 0.270. The molecule has 0 unspecified atom stereocenters. The quantitative estimate of drug-likeness (QED) is 0.557. The van der Waals surface area contributed by atoms with E-state index in [0.29, 0.717) is 11.7 Å². The van der Waals surface area contributed by atoms with Gasteiger partial charge in [0.2, 0.25) is 5.89 Å². The minimum absolute atomic E-state index is 0.194.